The molecule has 1 saturated heterocycles. The van der Waals surface area contributed by atoms with E-state index in [0.717, 1.165) is 16.7 Å². The molecule has 0 aliphatic carbocycles. The lowest BCUT2D eigenvalue weighted by molar-refractivity contribution is -0.384. The average molecular weight is 482 g/mol. The van der Waals surface area contributed by atoms with Crippen LogP contribution in [0.4, 0.5) is 14.9 Å². The molecule has 1 N–H and O–H groups in total. The van der Waals surface area contributed by atoms with Crippen molar-refractivity contribution in [3.63, 3.8) is 0 Å². The largest absolute Gasteiger partial charge is 0.350 e. The van der Waals surface area contributed by atoms with Gasteiger partial charge in [0.15, 0.2) is 0 Å². The van der Waals surface area contributed by atoms with Crippen LogP contribution in [0.15, 0.2) is 64.0 Å². The van der Waals surface area contributed by atoms with Crippen molar-refractivity contribution in [1.29, 1.82) is 0 Å². The first-order chi connectivity index (χ1) is 16.3. The fourth-order valence-corrected chi connectivity index (χ4v) is 3.94. The first-order valence-corrected chi connectivity index (χ1v) is 10.6. The van der Waals surface area contributed by atoms with Crippen LogP contribution in [-0.2, 0) is 4.79 Å². The lowest BCUT2D eigenvalue weighted by atomic mass is 10.1. The molecule has 3 aromatic rings. The molecule has 0 radical (unpaired) electrons. The number of imide groups is 1. The SMILES string of the molecule is O=C(NCCN1C(=O)S/C(=C\c2ccc([N+](=O)[O-])cc2)C1=O)c1cc(-c2cccc(F)c2)no1. The third kappa shape index (κ3) is 5.02. The topological polar surface area (TPSA) is 136 Å². The van der Waals surface area contributed by atoms with Gasteiger partial charge in [0.25, 0.3) is 22.7 Å². The monoisotopic (exact) mass is 482 g/mol. The summed E-state index contributed by atoms with van der Waals surface area (Å²) in [5.41, 5.74) is 1.17. The van der Waals surface area contributed by atoms with Crippen molar-refractivity contribution in [3.05, 3.63) is 86.8 Å². The Hall–Kier alpha value is -4.32. The second-order valence-electron chi connectivity index (χ2n) is 7.02. The summed E-state index contributed by atoms with van der Waals surface area (Å²) in [6.07, 6.45) is 1.47. The highest BCUT2D eigenvalue weighted by atomic mass is 32.2. The lowest BCUT2D eigenvalue weighted by Gasteiger charge is -2.12. The van der Waals surface area contributed by atoms with Crippen molar-refractivity contribution in [3.8, 4) is 11.3 Å². The van der Waals surface area contributed by atoms with Crippen LogP contribution in [0.5, 0.6) is 0 Å². The number of carbonyl (C=O) groups is 3. The summed E-state index contributed by atoms with van der Waals surface area (Å²) in [5, 5.41) is 16.5. The zero-order valence-electron chi connectivity index (χ0n) is 17.3. The Labute approximate surface area is 195 Å². The number of nitro benzene ring substituents is 1. The van der Waals surface area contributed by atoms with Crippen molar-refractivity contribution < 1.29 is 28.2 Å². The molecule has 1 fully saturated rings. The van der Waals surface area contributed by atoms with Crippen LogP contribution in [0.25, 0.3) is 17.3 Å². The van der Waals surface area contributed by atoms with E-state index in [9.17, 15) is 28.9 Å². The maximum atomic E-state index is 13.4. The van der Waals surface area contributed by atoms with Crippen LogP contribution in [0.3, 0.4) is 0 Å². The number of nitrogens with zero attached hydrogens (tertiary/aromatic N) is 3. The molecular formula is C22H15FN4O6S. The number of aromatic nitrogens is 1. The van der Waals surface area contributed by atoms with Gasteiger partial charge in [0.1, 0.15) is 11.5 Å². The van der Waals surface area contributed by atoms with E-state index in [2.05, 4.69) is 10.5 Å². The van der Waals surface area contributed by atoms with E-state index < -0.39 is 27.8 Å². The highest BCUT2D eigenvalue weighted by Crippen LogP contribution is 2.32. The summed E-state index contributed by atoms with van der Waals surface area (Å²) in [6, 6.07) is 12.6. The van der Waals surface area contributed by atoms with Crippen molar-refractivity contribution >= 4 is 40.6 Å². The molecule has 3 amide bonds. The van der Waals surface area contributed by atoms with Gasteiger partial charge in [-0.3, -0.25) is 29.4 Å². The number of non-ortho nitro benzene ring substituents is 1. The van der Waals surface area contributed by atoms with Crippen molar-refractivity contribution in [1.82, 2.24) is 15.4 Å². The molecule has 2 heterocycles. The molecule has 0 spiro atoms. The quantitative estimate of drug-likeness (QED) is 0.305. The fraction of sp³-hybridized carbons (Fsp3) is 0.0909. The molecule has 4 rings (SSSR count). The minimum atomic E-state index is -0.608. The fourth-order valence-electron chi connectivity index (χ4n) is 3.07. The van der Waals surface area contributed by atoms with Gasteiger partial charge in [-0.25, -0.2) is 4.39 Å². The van der Waals surface area contributed by atoms with E-state index in [0.29, 0.717) is 11.1 Å². The summed E-state index contributed by atoms with van der Waals surface area (Å²) in [6.45, 7) is -0.101. The number of hydrogen-bond donors (Lipinski definition) is 1. The summed E-state index contributed by atoms with van der Waals surface area (Å²) < 4.78 is 18.4. The van der Waals surface area contributed by atoms with Gasteiger partial charge in [-0.05, 0) is 47.7 Å². The molecular weight excluding hydrogens is 467 g/mol. The Balaban J connectivity index is 1.34. The predicted molar refractivity (Wildman–Crippen MR) is 120 cm³/mol. The van der Waals surface area contributed by atoms with E-state index >= 15 is 0 Å². The number of benzene rings is 2. The second kappa shape index (κ2) is 9.67. The molecule has 34 heavy (non-hydrogen) atoms. The molecule has 0 saturated carbocycles. The van der Waals surface area contributed by atoms with Gasteiger partial charge in [0.05, 0.1) is 9.83 Å². The molecule has 1 aliphatic heterocycles. The van der Waals surface area contributed by atoms with E-state index in [1.54, 1.807) is 6.07 Å². The summed E-state index contributed by atoms with van der Waals surface area (Å²) >= 11 is 0.737. The number of thioether (sulfide) groups is 1. The molecule has 0 atom stereocenters. The van der Waals surface area contributed by atoms with Crippen LogP contribution in [0, 0.1) is 15.9 Å². The van der Waals surface area contributed by atoms with Crippen LogP contribution in [0.2, 0.25) is 0 Å². The molecule has 10 nitrogen and oxygen atoms in total. The lowest BCUT2D eigenvalue weighted by Crippen LogP contribution is -2.37. The predicted octanol–water partition coefficient (Wildman–Crippen LogP) is 3.86. The normalized spacial score (nSPS) is 14.6. The third-order valence-electron chi connectivity index (χ3n) is 4.75. The summed E-state index contributed by atoms with van der Waals surface area (Å²) in [5.74, 6) is -1.70. The van der Waals surface area contributed by atoms with Crippen molar-refractivity contribution in [2.24, 2.45) is 0 Å². The summed E-state index contributed by atoms with van der Waals surface area (Å²) in [7, 11) is 0. The highest BCUT2D eigenvalue weighted by molar-refractivity contribution is 8.18. The average Bonchev–Trinajstić information content (AvgIpc) is 3.40. The highest BCUT2D eigenvalue weighted by Gasteiger charge is 2.34. The molecule has 0 bridgehead atoms. The maximum absolute atomic E-state index is 13.4. The zero-order valence-corrected chi connectivity index (χ0v) is 18.1. The van der Waals surface area contributed by atoms with E-state index in [-0.39, 0.29) is 35.1 Å². The number of rotatable bonds is 7. The minimum Gasteiger partial charge on any atom is -0.350 e. The van der Waals surface area contributed by atoms with E-state index in [4.69, 9.17) is 4.52 Å². The summed E-state index contributed by atoms with van der Waals surface area (Å²) in [4.78, 5) is 48.5. The smallest absolute Gasteiger partial charge is 0.293 e. The Bertz CT molecular complexity index is 1320. The molecule has 2 aromatic carbocycles. The maximum Gasteiger partial charge on any atom is 0.293 e. The molecule has 1 aliphatic rings. The Morgan fingerprint density at radius 2 is 1.97 bits per heavy atom. The van der Waals surface area contributed by atoms with E-state index in [1.807, 2.05) is 0 Å². The number of halogens is 1. The molecule has 0 unspecified atom stereocenters. The van der Waals surface area contributed by atoms with Gasteiger partial charge < -0.3 is 9.84 Å². The number of amides is 3. The zero-order chi connectivity index (χ0) is 24.2. The van der Waals surface area contributed by atoms with Crippen LogP contribution < -0.4 is 5.32 Å². The van der Waals surface area contributed by atoms with Gasteiger partial charge >= 0.3 is 0 Å². The third-order valence-corrected chi connectivity index (χ3v) is 5.66. The molecule has 172 valence electrons. The van der Waals surface area contributed by atoms with Gasteiger partial charge in [0.2, 0.25) is 5.76 Å². The molecule has 1 aromatic heterocycles. The molecule has 12 heteroatoms. The number of nitrogens with one attached hydrogen (secondary N) is 1. The van der Waals surface area contributed by atoms with Gasteiger partial charge in [0, 0.05) is 36.9 Å². The van der Waals surface area contributed by atoms with E-state index in [1.165, 1.54) is 54.6 Å². The van der Waals surface area contributed by atoms with Crippen LogP contribution in [-0.4, -0.2) is 45.1 Å². The number of nitro groups is 1. The number of hydrogen-bond acceptors (Lipinski definition) is 8. The van der Waals surface area contributed by atoms with Crippen molar-refractivity contribution in [2.75, 3.05) is 13.1 Å². The number of carbonyl (C=O) groups excluding carboxylic acids is 3. The minimum absolute atomic E-state index is 0.0301. The standard InChI is InChI=1S/C22H15FN4O6S/c23-15-3-1-2-14(11-15)17-12-18(33-25-17)20(28)24-8-9-26-21(29)19(34-22(26)30)10-13-4-6-16(7-5-13)27(31)32/h1-7,10-12H,8-9H2,(H,24,28)/b19-10-. The first kappa shape index (κ1) is 22.9. The Morgan fingerprint density at radius 1 is 1.21 bits per heavy atom. The second-order valence-corrected chi connectivity index (χ2v) is 8.02. The van der Waals surface area contributed by atoms with Gasteiger partial charge in [-0.2, -0.15) is 0 Å². The van der Waals surface area contributed by atoms with Gasteiger partial charge in [-0.1, -0.05) is 17.3 Å². The first-order valence-electron chi connectivity index (χ1n) is 9.82. The Morgan fingerprint density at radius 3 is 2.68 bits per heavy atom. The van der Waals surface area contributed by atoms with Crippen LogP contribution >= 0.6 is 11.8 Å². The Kier molecular flexibility index (Phi) is 6.50. The van der Waals surface area contributed by atoms with Gasteiger partial charge in [-0.15, -0.1) is 0 Å². The van der Waals surface area contributed by atoms with Crippen molar-refractivity contribution in [2.45, 2.75) is 0 Å². The van der Waals surface area contributed by atoms with Crippen LogP contribution in [0.1, 0.15) is 16.1 Å².